The molecule has 0 fully saturated rings. The maximum absolute atomic E-state index is 12.5. The Bertz CT molecular complexity index is 900. The highest BCUT2D eigenvalue weighted by Gasteiger charge is 2.22. The second-order valence-corrected chi connectivity index (χ2v) is 10.4. The monoisotopic (exact) mass is 616 g/mol. The summed E-state index contributed by atoms with van der Waals surface area (Å²) < 4.78 is 9.52. The third-order valence-corrected chi connectivity index (χ3v) is 5.41. The Morgan fingerprint density at radius 1 is 0.674 bits per heavy atom. The van der Waals surface area contributed by atoms with Gasteiger partial charge in [-0.1, -0.05) is 47.0 Å². The lowest BCUT2D eigenvalue weighted by Gasteiger charge is -2.21. The lowest BCUT2D eigenvalue weighted by Crippen LogP contribution is -2.49. The molecule has 0 heterocycles. The number of ether oxygens (including phenoxy) is 2. The number of nitrogens with one attached hydrogen (secondary N) is 5. The number of hydrogen-bond donors (Lipinski definition) is 5. The molecule has 0 aliphatic rings. The largest absolute Gasteiger partial charge is 0.468 e. The van der Waals surface area contributed by atoms with E-state index in [2.05, 4.69) is 45.2 Å². The molecule has 0 saturated heterocycles. The number of carbonyl (C=O) groups is 7. The second-order valence-electron chi connectivity index (χ2n) is 10.4. The highest BCUT2D eigenvalue weighted by atomic mass is 16.6. The maximum atomic E-state index is 12.5. The van der Waals surface area contributed by atoms with Crippen molar-refractivity contribution in [1.29, 1.82) is 0 Å². The molecule has 0 aromatic carbocycles. The predicted octanol–water partition coefficient (Wildman–Crippen LogP) is 0.363. The fraction of sp³-hybridized carbons (Fsp3) is 0.750. The van der Waals surface area contributed by atoms with Crippen LogP contribution in [0.5, 0.6) is 0 Å². The van der Waals surface area contributed by atoms with Crippen LogP contribution in [0.2, 0.25) is 0 Å². The first-order chi connectivity index (χ1) is 20.1. The molecule has 0 bridgehead atoms. The molecule has 0 unspecified atom stereocenters. The third-order valence-electron chi connectivity index (χ3n) is 5.41. The van der Waals surface area contributed by atoms with Gasteiger partial charge < -0.3 is 41.0 Å². The van der Waals surface area contributed by atoms with Gasteiger partial charge in [0.2, 0.25) is 29.5 Å². The van der Waals surface area contributed by atoms with E-state index in [1.54, 1.807) is 20.8 Å². The molecule has 0 rings (SSSR count). The molecular formula is C28H52N6O9. The molecule has 43 heavy (non-hydrogen) atoms. The van der Waals surface area contributed by atoms with Crippen molar-refractivity contribution in [2.75, 3.05) is 46.4 Å². The topological polar surface area (TPSA) is 201 Å². The Kier molecular flexibility index (Phi) is 22.7. The number of methoxy groups -OCH3 is 1. The standard InChI is InChI=1S/C23H40N6O9.C5H12/c1-7-15(8-2)28-18(32)11-24-16(30)9-25-19(33)13-29(14-21(35)37-6)20(34)12-26-17(31)10-27-22(36)38-23(3,4)5;1-3-5-4-2/h15H,7-14H2,1-6H3,(H,24,30)(H,25,33)(H,26,31)(H,27,36)(H,28,32);3-5H2,1-2H3. The molecule has 0 aliphatic heterocycles. The van der Waals surface area contributed by atoms with Crippen LogP contribution in [0.25, 0.3) is 0 Å². The van der Waals surface area contributed by atoms with E-state index in [0.29, 0.717) is 0 Å². The van der Waals surface area contributed by atoms with Crippen LogP contribution in [0.4, 0.5) is 4.79 Å². The van der Waals surface area contributed by atoms with Gasteiger partial charge in [-0.15, -0.1) is 0 Å². The van der Waals surface area contributed by atoms with Crippen molar-refractivity contribution < 1.29 is 43.0 Å². The lowest BCUT2D eigenvalue weighted by atomic mass is 10.2. The van der Waals surface area contributed by atoms with Gasteiger partial charge in [-0.05, 0) is 33.6 Å². The second kappa shape index (κ2) is 23.6. The number of unbranched alkanes of at least 4 members (excludes halogenated alkanes) is 2. The maximum Gasteiger partial charge on any atom is 0.408 e. The molecule has 0 aliphatic carbocycles. The lowest BCUT2D eigenvalue weighted by molar-refractivity contribution is -0.148. The van der Waals surface area contributed by atoms with Crippen LogP contribution in [0.3, 0.4) is 0 Å². The molecule has 0 saturated carbocycles. The molecule has 248 valence electrons. The van der Waals surface area contributed by atoms with Crippen molar-refractivity contribution in [3.8, 4) is 0 Å². The summed E-state index contributed by atoms with van der Waals surface area (Å²) in [6.07, 6.45) is 4.76. The number of carbonyl (C=O) groups excluding carboxylic acids is 7. The number of esters is 1. The van der Waals surface area contributed by atoms with Crippen LogP contribution < -0.4 is 26.6 Å². The van der Waals surface area contributed by atoms with Crippen LogP contribution in [0.15, 0.2) is 0 Å². The minimum Gasteiger partial charge on any atom is -0.468 e. The molecule has 0 aromatic heterocycles. The van der Waals surface area contributed by atoms with Gasteiger partial charge in [-0.25, -0.2) is 4.79 Å². The van der Waals surface area contributed by atoms with Gasteiger partial charge in [0.05, 0.1) is 26.7 Å². The molecule has 15 nitrogen and oxygen atoms in total. The molecule has 0 atom stereocenters. The zero-order valence-corrected chi connectivity index (χ0v) is 27.0. The summed E-state index contributed by atoms with van der Waals surface area (Å²) >= 11 is 0. The first kappa shape index (κ1) is 41.2. The van der Waals surface area contributed by atoms with Crippen LogP contribution >= 0.6 is 0 Å². The highest BCUT2D eigenvalue weighted by molar-refractivity contribution is 5.93. The first-order valence-electron chi connectivity index (χ1n) is 14.5. The zero-order chi connectivity index (χ0) is 33.4. The minimum atomic E-state index is -0.821. The number of alkyl carbamates (subject to hydrolysis) is 1. The van der Waals surface area contributed by atoms with E-state index in [9.17, 15) is 33.6 Å². The molecule has 5 N–H and O–H groups in total. The van der Waals surface area contributed by atoms with Gasteiger partial charge >= 0.3 is 12.1 Å². The van der Waals surface area contributed by atoms with E-state index >= 15 is 0 Å². The summed E-state index contributed by atoms with van der Waals surface area (Å²) in [6.45, 7) is 10.3. The van der Waals surface area contributed by atoms with E-state index in [4.69, 9.17) is 4.74 Å². The SMILES string of the molecule is CCC(CC)NC(=O)CNC(=O)CNC(=O)CN(CC(=O)OC)C(=O)CNC(=O)CNC(=O)OC(C)(C)C.CCCCC. The number of nitrogens with zero attached hydrogens (tertiary/aromatic N) is 1. The van der Waals surface area contributed by atoms with E-state index in [0.717, 1.165) is 24.9 Å². The smallest absolute Gasteiger partial charge is 0.408 e. The van der Waals surface area contributed by atoms with Crippen molar-refractivity contribution in [2.24, 2.45) is 0 Å². The predicted molar refractivity (Wildman–Crippen MR) is 160 cm³/mol. The Balaban J connectivity index is 0. The van der Waals surface area contributed by atoms with Crippen molar-refractivity contribution >= 4 is 41.6 Å². The van der Waals surface area contributed by atoms with Crippen molar-refractivity contribution in [1.82, 2.24) is 31.5 Å². The van der Waals surface area contributed by atoms with Gasteiger partial charge in [0.25, 0.3) is 0 Å². The van der Waals surface area contributed by atoms with Crippen LogP contribution in [0.1, 0.15) is 80.6 Å². The zero-order valence-electron chi connectivity index (χ0n) is 27.0. The van der Waals surface area contributed by atoms with Gasteiger partial charge in [0.1, 0.15) is 25.2 Å². The molecule has 0 spiro atoms. The average molecular weight is 617 g/mol. The summed E-state index contributed by atoms with van der Waals surface area (Å²) in [5.74, 6) is -4.08. The Morgan fingerprint density at radius 3 is 1.63 bits per heavy atom. The first-order valence-corrected chi connectivity index (χ1v) is 14.5. The average Bonchev–Trinajstić information content (AvgIpc) is 2.94. The molecule has 15 heteroatoms. The summed E-state index contributed by atoms with van der Waals surface area (Å²) in [5, 5.41) is 11.9. The highest BCUT2D eigenvalue weighted by Crippen LogP contribution is 2.06. The van der Waals surface area contributed by atoms with Crippen molar-refractivity contribution in [3.63, 3.8) is 0 Å². The van der Waals surface area contributed by atoms with Crippen LogP contribution in [-0.4, -0.2) is 105 Å². The van der Waals surface area contributed by atoms with Gasteiger partial charge in [-0.2, -0.15) is 0 Å². The Hall–Kier alpha value is -3.91. The molecular weight excluding hydrogens is 564 g/mol. The summed E-state index contributed by atoms with van der Waals surface area (Å²) in [7, 11) is 1.10. The van der Waals surface area contributed by atoms with Crippen LogP contribution in [-0.2, 0) is 38.2 Å². The van der Waals surface area contributed by atoms with Gasteiger partial charge in [0.15, 0.2) is 0 Å². The van der Waals surface area contributed by atoms with Gasteiger partial charge in [0, 0.05) is 6.04 Å². The van der Waals surface area contributed by atoms with Crippen molar-refractivity contribution in [2.45, 2.75) is 92.2 Å². The van der Waals surface area contributed by atoms with Gasteiger partial charge in [-0.3, -0.25) is 28.8 Å². The quantitative estimate of drug-likeness (QED) is 0.143. The number of hydrogen-bond acceptors (Lipinski definition) is 9. The van der Waals surface area contributed by atoms with E-state index in [1.807, 2.05) is 13.8 Å². The summed E-state index contributed by atoms with van der Waals surface area (Å²) in [5.41, 5.74) is -0.756. The van der Waals surface area contributed by atoms with E-state index < -0.39 is 74.0 Å². The molecule has 6 amide bonds. The van der Waals surface area contributed by atoms with E-state index in [-0.39, 0.29) is 18.5 Å². The van der Waals surface area contributed by atoms with Crippen LogP contribution in [0, 0.1) is 0 Å². The Morgan fingerprint density at radius 2 is 1.16 bits per heavy atom. The van der Waals surface area contributed by atoms with E-state index in [1.165, 1.54) is 19.3 Å². The fourth-order valence-corrected chi connectivity index (χ4v) is 3.04. The summed E-state index contributed by atoms with van der Waals surface area (Å²) in [4.78, 5) is 84.6. The number of rotatable bonds is 17. The van der Waals surface area contributed by atoms with Crippen molar-refractivity contribution in [3.05, 3.63) is 0 Å². The molecule has 0 radical (unpaired) electrons. The minimum absolute atomic E-state index is 0.00320. The third kappa shape index (κ3) is 24.4. The normalized spacial score (nSPS) is 10.3. The summed E-state index contributed by atoms with van der Waals surface area (Å²) in [6, 6.07) is 0.00320. The fourth-order valence-electron chi connectivity index (χ4n) is 3.04. The Labute approximate surface area is 254 Å². The molecule has 0 aromatic rings. The number of amides is 6.